The first-order chi connectivity index (χ1) is 10.6. The SMILES string of the molecule is COc1ccc(-c2cc(N)cc3c2NC(=O)C32CCC2)cn1. The van der Waals surface area contributed by atoms with E-state index < -0.39 is 0 Å². The van der Waals surface area contributed by atoms with Crippen LogP contribution in [0.15, 0.2) is 30.5 Å². The second kappa shape index (κ2) is 4.47. The van der Waals surface area contributed by atoms with Crippen LogP contribution in [-0.2, 0) is 10.2 Å². The van der Waals surface area contributed by atoms with Crippen LogP contribution in [-0.4, -0.2) is 18.0 Å². The second-order valence-corrected chi connectivity index (χ2v) is 5.97. The van der Waals surface area contributed by atoms with Gasteiger partial charge in [-0.1, -0.05) is 6.42 Å². The molecular formula is C17H17N3O2. The number of carbonyl (C=O) groups excluding carboxylic acids is 1. The molecule has 1 spiro atoms. The van der Waals surface area contributed by atoms with Crippen molar-refractivity contribution in [3.63, 3.8) is 0 Å². The molecule has 1 saturated carbocycles. The fourth-order valence-corrected chi connectivity index (χ4v) is 3.45. The molecule has 1 aromatic carbocycles. The molecule has 0 bridgehead atoms. The third kappa shape index (κ3) is 1.65. The largest absolute Gasteiger partial charge is 0.481 e. The minimum Gasteiger partial charge on any atom is -0.481 e. The van der Waals surface area contributed by atoms with Crippen molar-refractivity contribution in [2.45, 2.75) is 24.7 Å². The van der Waals surface area contributed by atoms with Crippen molar-refractivity contribution in [3.05, 3.63) is 36.0 Å². The molecule has 1 aromatic heterocycles. The van der Waals surface area contributed by atoms with Crippen LogP contribution in [0.1, 0.15) is 24.8 Å². The quantitative estimate of drug-likeness (QED) is 0.835. The number of hydrogen-bond acceptors (Lipinski definition) is 4. The fraction of sp³-hybridized carbons (Fsp3) is 0.294. The monoisotopic (exact) mass is 295 g/mol. The number of nitrogens with one attached hydrogen (secondary N) is 1. The van der Waals surface area contributed by atoms with Crippen molar-refractivity contribution < 1.29 is 9.53 Å². The Morgan fingerprint density at radius 3 is 2.73 bits per heavy atom. The number of pyridine rings is 1. The zero-order chi connectivity index (χ0) is 15.3. The van der Waals surface area contributed by atoms with E-state index in [1.807, 2.05) is 18.2 Å². The Balaban J connectivity index is 1.88. The number of aromatic nitrogens is 1. The molecule has 2 aromatic rings. The summed E-state index contributed by atoms with van der Waals surface area (Å²) in [5, 5.41) is 3.06. The highest BCUT2D eigenvalue weighted by atomic mass is 16.5. The van der Waals surface area contributed by atoms with Gasteiger partial charge in [0.25, 0.3) is 0 Å². The minimum absolute atomic E-state index is 0.0991. The van der Waals surface area contributed by atoms with Crippen LogP contribution >= 0.6 is 0 Å². The van der Waals surface area contributed by atoms with Crippen LogP contribution < -0.4 is 15.8 Å². The minimum atomic E-state index is -0.362. The van der Waals surface area contributed by atoms with Crippen molar-refractivity contribution in [1.29, 1.82) is 0 Å². The summed E-state index contributed by atoms with van der Waals surface area (Å²) in [5.74, 6) is 0.658. The van der Waals surface area contributed by atoms with Gasteiger partial charge in [0, 0.05) is 29.1 Å². The molecular weight excluding hydrogens is 278 g/mol. The summed E-state index contributed by atoms with van der Waals surface area (Å²) >= 11 is 0. The van der Waals surface area contributed by atoms with Crippen molar-refractivity contribution >= 4 is 17.3 Å². The number of ether oxygens (including phenoxy) is 1. The van der Waals surface area contributed by atoms with Crippen LogP contribution in [0, 0.1) is 0 Å². The van der Waals surface area contributed by atoms with E-state index in [-0.39, 0.29) is 11.3 Å². The van der Waals surface area contributed by atoms with Gasteiger partial charge >= 0.3 is 0 Å². The Morgan fingerprint density at radius 1 is 1.32 bits per heavy atom. The smallest absolute Gasteiger partial charge is 0.235 e. The molecule has 1 aliphatic carbocycles. The summed E-state index contributed by atoms with van der Waals surface area (Å²) < 4.78 is 5.09. The summed E-state index contributed by atoms with van der Waals surface area (Å²) in [6.45, 7) is 0. The first-order valence-corrected chi connectivity index (χ1v) is 7.40. The molecule has 4 rings (SSSR count). The Labute approximate surface area is 128 Å². The molecule has 2 heterocycles. The second-order valence-electron chi connectivity index (χ2n) is 5.97. The number of carbonyl (C=O) groups is 1. The number of amides is 1. The molecule has 2 aliphatic rings. The first kappa shape index (κ1) is 13.1. The molecule has 5 nitrogen and oxygen atoms in total. The highest BCUT2D eigenvalue weighted by molar-refractivity contribution is 6.10. The molecule has 0 saturated heterocycles. The lowest BCUT2D eigenvalue weighted by Crippen LogP contribution is -2.40. The lowest BCUT2D eigenvalue weighted by Gasteiger charge is -2.36. The van der Waals surface area contributed by atoms with Crippen LogP contribution in [0.25, 0.3) is 11.1 Å². The van der Waals surface area contributed by atoms with E-state index in [4.69, 9.17) is 10.5 Å². The number of anilines is 2. The molecule has 0 unspecified atom stereocenters. The average Bonchev–Trinajstić information content (AvgIpc) is 2.78. The maximum Gasteiger partial charge on any atom is 0.235 e. The number of rotatable bonds is 2. The van der Waals surface area contributed by atoms with Gasteiger partial charge in [0.15, 0.2) is 0 Å². The number of hydrogen-bond donors (Lipinski definition) is 2. The van der Waals surface area contributed by atoms with Crippen LogP contribution in [0.5, 0.6) is 5.88 Å². The zero-order valence-corrected chi connectivity index (χ0v) is 12.3. The Hall–Kier alpha value is -2.56. The third-order valence-electron chi connectivity index (χ3n) is 4.81. The highest BCUT2D eigenvalue weighted by Gasteiger charge is 2.51. The number of fused-ring (bicyclic) bond motifs is 2. The molecule has 1 fully saturated rings. The van der Waals surface area contributed by atoms with Crippen LogP contribution in [0.3, 0.4) is 0 Å². The summed E-state index contributed by atoms with van der Waals surface area (Å²) in [5.41, 5.74) is 10.2. The molecule has 3 N–H and O–H groups in total. The standard InChI is InChI=1S/C17H17N3O2/c1-22-14-4-3-10(9-19-14)12-7-11(18)8-13-15(12)20-16(21)17(13)5-2-6-17/h3-4,7-9H,2,5-6,18H2,1H3,(H,20,21). The van der Waals surface area contributed by atoms with Gasteiger partial charge in [-0.2, -0.15) is 0 Å². The number of benzene rings is 1. The van der Waals surface area contributed by atoms with E-state index in [2.05, 4.69) is 10.3 Å². The van der Waals surface area contributed by atoms with Gasteiger partial charge in [-0.25, -0.2) is 4.98 Å². The topological polar surface area (TPSA) is 77.2 Å². The van der Waals surface area contributed by atoms with E-state index in [9.17, 15) is 4.79 Å². The summed E-state index contributed by atoms with van der Waals surface area (Å²) in [6, 6.07) is 7.56. The Kier molecular flexibility index (Phi) is 2.66. The Morgan fingerprint density at radius 2 is 2.14 bits per heavy atom. The van der Waals surface area contributed by atoms with Gasteiger partial charge in [0.05, 0.1) is 18.2 Å². The van der Waals surface area contributed by atoms with Gasteiger partial charge in [0.2, 0.25) is 11.8 Å². The molecule has 22 heavy (non-hydrogen) atoms. The maximum absolute atomic E-state index is 12.4. The maximum atomic E-state index is 12.4. The summed E-state index contributed by atoms with van der Waals surface area (Å²) in [4.78, 5) is 16.7. The summed E-state index contributed by atoms with van der Waals surface area (Å²) in [6.07, 6.45) is 4.62. The van der Waals surface area contributed by atoms with Crippen LogP contribution in [0.4, 0.5) is 11.4 Å². The normalized spacial score (nSPS) is 17.8. The molecule has 112 valence electrons. The lowest BCUT2D eigenvalue weighted by molar-refractivity contribution is -0.123. The molecule has 1 amide bonds. The van der Waals surface area contributed by atoms with Gasteiger partial charge in [-0.15, -0.1) is 0 Å². The van der Waals surface area contributed by atoms with Crippen molar-refractivity contribution in [2.24, 2.45) is 0 Å². The molecule has 0 atom stereocenters. The van der Waals surface area contributed by atoms with E-state index in [0.29, 0.717) is 11.6 Å². The van der Waals surface area contributed by atoms with Gasteiger partial charge in [0.1, 0.15) is 0 Å². The predicted octanol–water partition coefficient (Wildman–Crippen LogP) is 2.71. The average molecular weight is 295 g/mol. The predicted molar refractivity (Wildman–Crippen MR) is 84.8 cm³/mol. The lowest BCUT2D eigenvalue weighted by atomic mass is 9.65. The van der Waals surface area contributed by atoms with Gasteiger partial charge in [-0.3, -0.25) is 4.79 Å². The van der Waals surface area contributed by atoms with Gasteiger partial charge in [-0.05, 0) is 36.6 Å². The molecule has 5 heteroatoms. The van der Waals surface area contributed by atoms with Crippen molar-refractivity contribution in [1.82, 2.24) is 4.98 Å². The molecule has 0 radical (unpaired) electrons. The number of methoxy groups -OCH3 is 1. The first-order valence-electron chi connectivity index (χ1n) is 7.40. The number of nitrogens with zero attached hydrogens (tertiary/aromatic N) is 1. The number of nitrogens with two attached hydrogens (primary N) is 1. The fourth-order valence-electron chi connectivity index (χ4n) is 3.45. The van der Waals surface area contributed by atoms with Crippen LogP contribution in [0.2, 0.25) is 0 Å². The van der Waals surface area contributed by atoms with E-state index in [1.54, 1.807) is 19.4 Å². The summed E-state index contributed by atoms with van der Waals surface area (Å²) in [7, 11) is 1.58. The highest BCUT2D eigenvalue weighted by Crippen LogP contribution is 2.54. The van der Waals surface area contributed by atoms with E-state index >= 15 is 0 Å². The number of nitrogen functional groups attached to an aromatic ring is 1. The molecule has 1 aliphatic heterocycles. The van der Waals surface area contributed by atoms with E-state index in [0.717, 1.165) is 41.6 Å². The van der Waals surface area contributed by atoms with E-state index in [1.165, 1.54) is 0 Å². The van der Waals surface area contributed by atoms with Crippen molar-refractivity contribution in [2.75, 3.05) is 18.2 Å². The van der Waals surface area contributed by atoms with Crippen molar-refractivity contribution in [3.8, 4) is 17.0 Å². The van der Waals surface area contributed by atoms with Gasteiger partial charge < -0.3 is 15.8 Å². The third-order valence-corrected chi connectivity index (χ3v) is 4.81. The zero-order valence-electron chi connectivity index (χ0n) is 12.3. The Bertz CT molecular complexity index is 764.